The topological polar surface area (TPSA) is 106 Å². The molecule has 0 aliphatic rings. The van der Waals surface area contributed by atoms with Crippen LogP contribution < -0.4 is 14.6 Å². The van der Waals surface area contributed by atoms with Gasteiger partial charge in [0.1, 0.15) is 17.7 Å². The van der Waals surface area contributed by atoms with E-state index in [1.165, 1.54) is 37.6 Å². The number of hydrogen-bond acceptors (Lipinski definition) is 6. The first-order valence-electron chi connectivity index (χ1n) is 9.63. The molecule has 0 amide bonds. The highest BCUT2D eigenvalue weighted by Gasteiger charge is 2.31. The third-order valence-corrected chi connectivity index (χ3v) is 6.85. The second-order valence-corrected chi connectivity index (χ2v) is 8.86. The molecule has 0 aliphatic heterocycles. The summed E-state index contributed by atoms with van der Waals surface area (Å²) in [5, 5.41) is 6.20. The third kappa shape index (κ3) is 3.28. The van der Waals surface area contributed by atoms with Gasteiger partial charge in [-0.25, -0.2) is 12.7 Å². The van der Waals surface area contributed by atoms with Crippen molar-refractivity contribution in [2.75, 3.05) is 11.4 Å². The van der Waals surface area contributed by atoms with Crippen LogP contribution in [0.1, 0.15) is 0 Å². The molecule has 0 unspecified atom stereocenters. The fraction of sp³-hybridized carbons (Fsp3) is 0.0435. The molecule has 3 aromatic carbocycles. The lowest BCUT2D eigenvalue weighted by Crippen LogP contribution is -2.27. The van der Waals surface area contributed by atoms with Gasteiger partial charge in [-0.15, -0.1) is 0 Å². The van der Waals surface area contributed by atoms with Crippen LogP contribution in [-0.2, 0) is 10.0 Å². The standard InChI is InChI=1S/C23H17N3O5S/c1-30-21-14-16-5-3-2-4-15(16)13-20(21)26(22-10-11-31-25-22)32(28,29)18-7-8-19-17(12-18)6-9-23(27)24-19/h2-14H,1H3,(H,24,27). The predicted octanol–water partition coefficient (Wildman–Crippen LogP) is 4.20. The lowest BCUT2D eigenvalue weighted by atomic mass is 10.1. The smallest absolute Gasteiger partial charge is 0.270 e. The van der Waals surface area contributed by atoms with E-state index in [9.17, 15) is 13.2 Å². The van der Waals surface area contributed by atoms with Crippen molar-refractivity contribution in [3.63, 3.8) is 0 Å². The van der Waals surface area contributed by atoms with E-state index in [-0.39, 0.29) is 16.3 Å². The average molecular weight is 447 g/mol. The van der Waals surface area contributed by atoms with Gasteiger partial charge in [0, 0.05) is 17.6 Å². The molecule has 2 heterocycles. The number of sulfonamides is 1. The summed E-state index contributed by atoms with van der Waals surface area (Å²) in [7, 11) is -2.66. The van der Waals surface area contributed by atoms with E-state index < -0.39 is 10.0 Å². The van der Waals surface area contributed by atoms with Crippen molar-refractivity contribution in [3.05, 3.63) is 89.4 Å². The number of nitrogens with one attached hydrogen (secondary N) is 1. The van der Waals surface area contributed by atoms with Crippen LogP contribution in [0.5, 0.6) is 5.75 Å². The number of ether oxygens (including phenoxy) is 1. The second-order valence-electron chi connectivity index (χ2n) is 7.07. The molecule has 0 atom stereocenters. The summed E-state index contributed by atoms with van der Waals surface area (Å²) in [6.07, 6.45) is 1.30. The first-order valence-corrected chi connectivity index (χ1v) is 11.1. The SMILES string of the molecule is COc1cc2ccccc2cc1N(c1ccon1)S(=O)(=O)c1ccc2[nH]c(=O)ccc2c1. The van der Waals surface area contributed by atoms with Gasteiger partial charge < -0.3 is 14.2 Å². The maximum atomic E-state index is 13.9. The average Bonchev–Trinajstić information content (AvgIpc) is 3.32. The Labute approximate surface area is 182 Å². The zero-order valence-corrected chi connectivity index (χ0v) is 17.7. The number of H-pyrrole nitrogens is 1. The molecule has 0 spiro atoms. The molecule has 0 saturated carbocycles. The molecule has 2 aromatic heterocycles. The molecule has 160 valence electrons. The number of hydrogen-bond donors (Lipinski definition) is 1. The fourth-order valence-corrected chi connectivity index (χ4v) is 5.08. The maximum absolute atomic E-state index is 13.9. The number of fused-ring (bicyclic) bond motifs is 2. The highest BCUT2D eigenvalue weighted by Crippen LogP contribution is 2.40. The number of benzene rings is 3. The second kappa shape index (κ2) is 7.54. The van der Waals surface area contributed by atoms with E-state index in [0.717, 1.165) is 15.1 Å². The van der Waals surface area contributed by atoms with Gasteiger partial charge in [-0.05, 0) is 52.6 Å². The fourth-order valence-electron chi connectivity index (χ4n) is 3.61. The Bertz CT molecular complexity index is 1610. The lowest BCUT2D eigenvalue weighted by molar-refractivity contribution is 0.414. The number of aromatic nitrogens is 2. The zero-order valence-electron chi connectivity index (χ0n) is 16.8. The van der Waals surface area contributed by atoms with Gasteiger partial charge in [0.15, 0.2) is 5.82 Å². The van der Waals surface area contributed by atoms with Gasteiger partial charge in [0.25, 0.3) is 10.0 Å². The van der Waals surface area contributed by atoms with Crippen LogP contribution in [0.3, 0.4) is 0 Å². The monoisotopic (exact) mass is 447 g/mol. The summed E-state index contributed by atoms with van der Waals surface area (Å²) in [6.45, 7) is 0. The minimum absolute atomic E-state index is 0.0234. The molecule has 5 rings (SSSR count). The van der Waals surface area contributed by atoms with Crippen molar-refractivity contribution in [2.24, 2.45) is 0 Å². The molecule has 0 fully saturated rings. The summed E-state index contributed by atoms with van der Waals surface area (Å²) >= 11 is 0. The van der Waals surface area contributed by atoms with Crippen molar-refractivity contribution in [1.29, 1.82) is 0 Å². The quantitative estimate of drug-likeness (QED) is 0.433. The molecule has 0 radical (unpaired) electrons. The predicted molar refractivity (Wildman–Crippen MR) is 121 cm³/mol. The summed E-state index contributed by atoms with van der Waals surface area (Å²) < 4.78 is 39.3. The highest BCUT2D eigenvalue weighted by molar-refractivity contribution is 7.93. The van der Waals surface area contributed by atoms with Crippen molar-refractivity contribution < 1.29 is 17.7 Å². The van der Waals surface area contributed by atoms with E-state index in [1.807, 2.05) is 24.3 Å². The Morgan fingerprint density at radius 3 is 2.44 bits per heavy atom. The number of pyridine rings is 1. The van der Waals surface area contributed by atoms with Crippen LogP contribution in [0, 0.1) is 0 Å². The van der Waals surface area contributed by atoms with Crippen LogP contribution in [0.15, 0.2) is 93.3 Å². The van der Waals surface area contributed by atoms with E-state index in [2.05, 4.69) is 10.1 Å². The van der Waals surface area contributed by atoms with Crippen LogP contribution in [0.4, 0.5) is 11.5 Å². The summed E-state index contributed by atoms with van der Waals surface area (Å²) in [5.74, 6) is 0.445. The van der Waals surface area contributed by atoms with E-state index in [0.29, 0.717) is 22.3 Å². The zero-order chi connectivity index (χ0) is 22.3. The molecule has 1 N–H and O–H groups in total. The third-order valence-electron chi connectivity index (χ3n) is 5.13. The largest absolute Gasteiger partial charge is 0.495 e. The number of anilines is 2. The molecule has 32 heavy (non-hydrogen) atoms. The first kappa shape index (κ1) is 19.8. The van der Waals surface area contributed by atoms with Crippen molar-refractivity contribution >= 4 is 43.2 Å². The van der Waals surface area contributed by atoms with Gasteiger partial charge in [0.05, 0.1) is 12.0 Å². The van der Waals surface area contributed by atoms with E-state index in [4.69, 9.17) is 9.26 Å². The first-order chi connectivity index (χ1) is 15.5. The normalized spacial score (nSPS) is 11.7. The maximum Gasteiger partial charge on any atom is 0.270 e. The summed E-state index contributed by atoms with van der Waals surface area (Å²) in [6, 6.07) is 20.0. The van der Waals surface area contributed by atoms with Gasteiger partial charge in [0.2, 0.25) is 5.56 Å². The molecule has 5 aromatic rings. The van der Waals surface area contributed by atoms with Gasteiger partial charge in [-0.3, -0.25) is 4.79 Å². The molecular weight excluding hydrogens is 430 g/mol. The molecule has 0 aliphatic carbocycles. The van der Waals surface area contributed by atoms with Crippen LogP contribution in [-0.4, -0.2) is 25.7 Å². The molecule has 0 bridgehead atoms. The van der Waals surface area contributed by atoms with Gasteiger partial charge in [-0.2, -0.15) is 0 Å². The van der Waals surface area contributed by atoms with Crippen LogP contribution >= 0.6 is 0 Å². The van der Waals surface area contributed by atoms with Crippen LogP contribution in [0.25, 0.3) is 21.7 Å². The minimum Gasteiger partial charge on any atom is -0.495 e. The molecule has 9 heteroatoms. The Morgan fingerprint density at radius 1 is 0.938 bits per heavy atom. The van der Waals surface area contributed by atoms with Crippen molar-refractivity contribution in [3.8, 4) is 5.75 Å². The number of aromatic amines is 1. The number of methoxy groups -OCH3 is 1. The van der Waals surface area contributed by atoms with Crippen LogP contribution in [0.2, 0.25) is 0 Å². The van der Waals surface area contributed by atoms with E-state index >= 15 is 0 Å². The summed E-state index contributed by atoms with van der Waals surface area (Å²) in [5.41, 5.74) is 0.563. The molecule has 0 saturated heterocycles. The van der Waals surface area contributed by atoms with Crippen molar-refractivity contribution in [2.45, 2.75) is 4.90 Å². The Morgan fingerprint density at radius 2 is 1.72 bits per heavy atom. The van der Waals surface area contributed by atoms with E-state index in [1.54, 1.807) is 24.3 Å². The Hall–Kier alpha value is -4.11. The lowest BCUT2D eigenvalue weighted by Gasteiger charge is -2.24. The molecular formula is C23H17N3O5S. The number of nitrogens with zero attached hydrogens (tertiary/aromatic N) is 2. The van der Waals surface area contributed by atoms with Gasteiger partial charge in [-0.1, -0.05) is 29.4 Å². The van der Waals surface area contributed by atoms with Crippen molar-refractivity contribution in [1.82, 2.24) is 10.1 Å². The van der Waals surface area contributed by atoms with Gasteiger partial charge >= 0.3 is 0 Å². The Kier molecular flexibility index (Phi) is 4.67. The number of rotatable bonds is 5. The molecule has 8 nitrogen and oxygen atoms in total. The summed E-state index contributed by atoms with van der Waals surface area (Å²) in [4.78, 5) is 14.3. The minimum atomic E-state index is -4.14. The Balaban J connectivity index is 1.75. The highest BCUT2D eigenvalue weighted by atomic mass is 32.2.